The summed E-state index contributed by atoms with van der Waals surface area (Å²) in [7, 11) is 0. The summed E-state index contributed by atoms with van der Waals surface area (Å²) in [6.45, 7) is 9.49. The van der Waals surface area contributed by atoms with Crippen molar-refractivity contribution >= 4 is 5.65 Å². The highest BCUT2D eigenvalue weighted by atomic mass is 16.3. The molecule has 0 spiro atoms. The Morgan fingerprint density at radius 1 is 1.00 bits per heavy atom. The van der Waals surface area contributed by atoms with Crippen molar-refractivity contribution in [3.05, 3.63) is 54.2 Å². The van der Waals surface area contributed by atoms with Crippen molar-refractivity contribution in [1.82, 2.24) is 14.4 Å². The quantitative estimate of drug-likeness (QED) is 0.779. The first-order valence-corrected chi connectivity index (χ1v) is 7.58. The summed E-state index contributed by atoms with van der Waals surface area (Å²) in [5.41, 5.74) is 3.87. The van der Waals surface area contributed by atoms with Crippen LogP contribution in [0.5, 0.6) is 0 Å². The number of hydrogen-bond acceptors (Lipinski definition) is 3. The highest BCUT2D eigenvalue weighted by molar-refractivity contribution is 5.66. The molecule has 0 aliphatic heterocycles. The molecule has 116 valence electrons. The lowest BCUT2D eigenvalue weighted by Crippen LogP contribution is -2.17. The lowest BCUT2D eigenvalue weighted by molar-refractivity contribution is 0.0739. The van der Waals surface area contributed by atoms with E-state index in [-0.39, 0.29) is 0 Å². The Labute approximate surface area is 131 Å². The van der Waals surface area contributed by atoms with Crippen LogP contribution < -0.4 is 0 Å². The van der Waals surface area contributed by atoms with Crippen LogP contribution in [-0.2, 0) is 5.60 Å². The fourth-order valence-electron chi connectivity index (χ4n) is 2.21. The van der Waals surface area contributed by atoms with Gasteiger partial charge in [-0.25, -0.2) is 4.98 Å². The van der Waals surface area contributed by atoms with E-state index in [9.17, 15) is 5.11 Å². The lowest BCUT2D eigenvalue weighted by Gasteiger charge is -2.16. The normalized spacial score (nSPS) is 11.2. The molecule has 3 rings (SSSR count). The van der Waals surface area contributed by atoms with Gasteiger partial charge in [0, 0.05) is 29.8 Å². The molecule has 4 heteroatoms. The van der Waals surface area contributed by atoms with Gasteiger partial charge in [-0.15, -0.1) is 0 Å². The molecule has 0 aliphatic rings. The third-order valence-electron chi connectivity index (χ3n) is 3.42. The zero-order valence-corrected chi connectivity index (χ0v) is 13.8. The smallest absolute Gasteiger partial charge is 0.137 e. The Hall–Kier alpha value is -2.20. The van der Waals surface area contributed by atoms with Crippen LogP contribution in [0.3, 0.4) is 0 Å². The van der Waals surface area contributed by atoms with E-state index in [4.69, 9.17) is 0 Å². The maximum Gasteiger partial charge on any atom is 0.137 e. The molecule has 0 aliphatic carbocycles. The molecular formula is C18H23N3O. The van der Waals surface area contributed by atoms with Gasteiger partial charge in [-0.2, -0.15) is 0 Å². The second kappa shape index (κ2) is 6.28. The van der Waals surface area contributed by atoms with E-state index in [0.29, 0.717) is 5.69 Å². The number of pyridine rings is 2. The molecule has 0 fully saturated rings. The van der Waals surface area contributed by atoms with Crippen LogP contribution in [0, 0.1) is 6.92 Å². The summed E-state index contributed by atoms with van der Waals surface area (Å²) in [5.74, 6) is 0. The summed E-state index contributed by atoms with van der Waals surface area (Å²) in [6.07, 6.45) is 5.65. The third-order valence-corrected chi connectivity index (χ3v) is 3.42. The number of rotatable bonds is 2. The fourth-order valence-corrected chi connectivity index (χ4v) is 2.21. The highest BCUT2D eigenvalue weighted by Crippen LogP contribution is 2.23. The second-order valence-electron chi connectivity index (χ2n) is 5.53. The summed E-state index contributed by atoms with van der Waals surface area (Å²) >= 11 is 0. The van der Waals surface area contributed by atoms with Crippen molar-refractivity contribution < 1.29 is 5.11 Å². The van der Waals surface area contributed by atoms with E-state index >= 15 is 0 Å². The number of fused-ring (bicyclic) bond motifs is 1. The largest absolute Gasteiger partial charge is 0.384 e. The number of aryl methyl sites for hydroxylation is 1. The van der Waals surface area contributed by atoms with Crippen LogP contribution in [0.25, 0.3) is 16.8 Å². The average molecular weight is 297 g/mol. The standard InChI is InChI=1S/C16H17N3O.C2H6/c1-11-9-18-15-8-12(6-7-19(11)15)13-4-5-14(17-10-13)16(2,3)20;1-2/h4-10,20H,1-3H3;1-2H3. The molecule has 0 saturated heterocycles. The van der Waals surface area contributed by atoms with Gasteiger partial charge in [-0.05, 0) is 44.5 Å². The first-order chi connectivity index (χ1) is 10.4. The first kappa shape index (κ1) is 16.2. The Bertz CT molecular complexity index is 752. The van der Waals surface area contributed by atoms with E-state index in [0.717, 1.165) is 22.5 Å². The molecule has 0 unspecified atom stereocenters. The molecule has 1 N–H and O–H groups in total. The zero-order chi connectivity index (χ0) is 16.3. The summed E-state index contributed by atoms with van der Waals surface area (Å²) in [4.78, 5) is 8.70. The van der Waals surface area contributed by atoms with Crippen LogP contribution in [0.2, 0.25) is 0 Å². The number of aliphatic hydroxyl groups is 1. The van der Waals surface area contributed by atoms with E-state index in [1.807, 2.05) is 61.8 Å². The molecule has 3 heterocycles. The molecule has 3 aromatic rings. The number of hydrogen-bond donors (Lipinski definition) is 1. The van der Waals surface area contributed by atoms with Crippen LogP contribution >= 0.6 is 0 Å². The minimum atomic E-state index is -0.914. The van der Waals surface area contributed by atoms with Crippen molar-refractivity contribution in [3.8, 4) is 11.1 Å². The molecule has 3 aromatic heterocycles. The van der Waals surface area contributed by atoms with Gasteiger partial charge in [0.1, 0.15) is 11.2 Å². The molecule has 0 amide bonds. The maximum atomic E-state index is 9.92. The predicted molar refractivity (Wildman–Crippen MR) is 89.8 cm³/mol. The molecule has 0 atom stereocenters. The predicted octanol–water partition coefficient (Wildman–Crippen LogP) is 3.96. The number of nitrogens with zero attached hydrogens (tertiary/aromatic N) is 3. The summed E-state index contributed by atoms with van der Waals surface area (Å²) < 4.78 is 2.04. The SMILES string of the molecule is CC.Cc1cnc2cc(-c3ccc(C(C)(C)O)nc3)ccn12. The van der Waals surface area contributed by atoms with Gasteiger partial charge in [0.25, 0.3) is 0 Å². The molecule has 0 bridgehead atoms. The summed E-state index contributed by atoms with van der Waals surface area (Å²) in [5, 5.41) is 9.92. The van der Waals surface area contributed by atoms with Crippen LogP contribution in [0.4, 0.5) is 0 Å². The van der Waals surface area contributed by atoms with E-state index in [1.54, 1.807) is 20.0 Å². The zero-order valence-electron chi connectivity index (χ0n) is 13.8. The fraction of sp³-hybridized carbons (Fsp3) is 0.333. The second-order valence-corrected chi connectivity index (χ2v) is 5.53. The van der Waals surface area contributed by atoms with Crippen molar-refractivity contribution in [2.45, 2.75) is 40.2 Å². The van der Waals surface area contributed by atoms with Crippen LogP contribution in [0.15, 0.2) is 42.9 Å². The van der Waals surface area contributed by atoms with Gasteiger partial charge >= 0.3 is 0 Å². The number of aromatic nitrogens is 3. The monoisotopic (exact) mass is 297 g/mol. The van der Waals surface area contributed by atoms with Gasteiger partial charge in [0.05, 0.1) is 5.69 Å². The van der Waals surface area contributed by atoms with E-state index in [2.05, 4.69) is 9.97 Å². The number of imidazole rings is 1. The van der Waals surface area contributed by atoms with E-state index in [1.165, 1.54) is 0 Å². The Morgan fingerprint density at radius 2 is 1.73 bits per heavy atom. The van der Waals surface area contributed by atoms with Crippen molar-refractivity contribution in [2.24, 2.45) is 0 Å². The van der Waals surface area contributed by atoms with Crippen molar-refractivity contribution in [3.63, 3.8) is 0 Å². The molecule has 0 aromatic carbocycles. The van der Waals surface area contributed by atoms with E-state index < -0.39 is 5.60 Å². The molecule has 4 nitrogen and oxygen atoms in total. The lowest BCUT2D eigenvalue weighted by atomic mass is 10.0. The minimum Gasteiger partial charge on any atom is -0.384 e. The minimum absolute atomic E-state index is 0.666. The van der Waals surface area contributed by atoms with Crippen LogP contribution in [0.1, 0.15) is 39.1 Å². The Kier molecular flexibility index (Phi) is 4.62. The van der Waals surface area contributed by atoms with Crippen molar-refractivity contribution in [2.75, 3.05) is 0 Å². The molecule has 0 radical (unpaired) electrons. The van der Waals surface area contributed by atoms with Gasteiger partial charge in [-0.1, -0.05) is 19.9 Å². The molecular weight excluding hydrogens is 274 g/mol. The third kappa shape index (κ3) is 3.17. The van der Waals surface area contributed by atoms with Crippen LogP contribution in [-0.4, -0.2) is 19.5 Å². The highest BCUT2D eigenvalue weighted by Gasteiger charge is 2.17. The maximum absolute atomic E-state index is 9.92. The Balaban J connectivity index is 0.000000847. The topological polar surface area (TPSA) is 50.4 Å². The van der Waals surface area contributed by atoms with Gasteiger partial charge in [-0.3, -0.25) is 4.98 Å². The van der Waals surface area contributed by atoms with Gasteiger partial charge in [0.15, 0.2) is 0 Å². The first-order valence-electron chi connectivity index (χ1n) is 7.58. The average Bonchev–Trinajstić information content (AvgIpc) is 2.89. The van der Waals surface area contributed by atoms with Gasteiger partial charge in [0.2, 0.25) is 0 Å². The van der Waals surface area contributed by atoms with Gasteiger partial charge < -0.3 is 9.51 Å². The molecule has 22 heavy (non-hydrogen) atoms. The Morgan fingerprint density at radius 3 is 2.32 bits per heavy atom. The molecule has 0 saturated carbocycles. The summed E-state index contributed by atoms with van der Waals surface area (Å²) in [6, 6.07) is 7.91. The van der Waals surface area contributed by atoms with Crippen molar-refractivity contribution in [1.29, 1.82) is 0 Å².